The van der Waals surface area contributed by atoms with Crippen molar-refractivity contribution in [3.8, 4) is 5.75 Å². The molecule has 1 aromatic carbocycles. The molecule has 0 aliphatic rings. The summed E-state index contributed by atoms with van der Waals surface area (Å²) >= 11 is 2.82. The average molecular weight is 309 g/mol. The van der Waals surface area contributed by atoms with Gasteiger partial charge in [0, 0.05) is 5.69 Å². The number of rotatable bonds is 6. The standard InChI is InChI=1S/C13H15N3O2S2/c1-3-18-11-6-4-10(5-7-11)15-12(17)9(2)20-13-16-14-8-19-13/h4-9H,3H2,1-2H3,(H,15,17)/t9-/m1/s1. The number of carbonyl (C=O) groups is 1. The van der Waals surface area contributed by atoms with Crippen molar-refractivity contribution >= 4 is 34.7 Å². The van der Waals surface area contributed by atoms with Crippen LogP contribution in [-0.4, -0.2) is 28.0 Å². The predicted octanol–water partition coefficient (Wildman–Crippen LogP) is 3.06. The van der Waals surface area contributed by atoms with Gasteiger partial charge in [-0.1, -0.05) is 23.1 Å². The molecule has 1 amide bonds. The van der Waals surface area contributed by atoms with Crippen molar-refractivity contribution in [1.29, 1.82) is 0 Å². The first-order valence-corrected chi connectivity index (χ1v) is 7.91. The summed E-state index contributed by atoms with van der Waals surface area (Å²) in [4.78, 5) is 12.0. The van der Waals surface area contributed by atoms with E-state index in [1.807, 2.05) is 38.1 Å². The number of hydrogen-bond donors (Lipinski definition) is 1. The minimum absolute atomic E-state index is 0.0608. The molecular weight excluding hydrogens is 294 g/mol. The number of carbonyl (C=O) groups excluding carboxylic acids is 1. The summed E-state index contributed by atoms with van der Waals surface area (Å²) in [6.07, 6.45) is 0. The van der Waals surface area contributed by atoms with Crippen molar-refractivity contribution in [3.05, 3.63) is 29.8 Å². The average Bonchev–Trinajstić information content (AvgIpc) is 2.94. The van der Waals surface area contributed by atoms with Crippen LogP contribution in [0.2, 0.25) is 0 Å². The highest BCUT2D eigenvalue weighted by Gasteiger charge is 2.16. The zero-order valence-corrected chi connectivity index (χ0v) is 12.8. The molecule has 0 saturated heterocycles. The molecule has 0 spiro atoms. The number of aromatic nitrogens is 2. The topological polar surface area (TPSA) is 64.1 Å². The fraction of sp³-hybridized carbons (Fsp3) is 0.308. The van der Waals surface area contributed by atoms with Gasteiger partial charge in [-0.3, -0.25) is 4.79 Å². The highest BCUT2D eigenvalue weighted by Crippen LogP contribution is 2.25. The first kappa shape index (κ1) is 14.8. The van der Waals surface area contributed by atoms with Gasteiger partial charge >= 0.3 is 0 Å². The number of nitrogens with one attached hydrogen (secondary N) is 1. The number of hydrogen-bond acceptors (Lipinski definition) is 6. The summed E-state index contributed by atoms with van der Waals surface area (Å²) in [6, 6.07) is 7.32. The molecule has 1 N–H and O–H groups in total. The fourth-order valence-electron chi connectivity index (χ4n) is 1.46. The van der Waals surface area contributed by atoms with Gasteiger partial charge < -0.3 is 10.1 Å². The summed E-state index contributed by atoms with van der Waals surface area (Å²) in [5.41, 5.74) is 2.41. The van der Waals surface area contributed by atoms with Crippen molar-refractivity contribution in [2.45, 2.75) is 23.4 Å². The minimum atomic E-state index is -0.227. The second kappa shape index (κ2) is 7.25. The number of amides is 1. The molecule has 1 atom stereocenters. The van der Waals surface area contributed by atoms with E-state index in [0.717, 1.165) is 15.8 Å². The lowest BCUT2D eigenvalue weighted by atomic mass is 10.3. The quantitative estimate of drug-likeness (QED) is 0.831. The summed E-state index contributed by atoms with van der Waals surface area (Å²) in [6.45, 7) is 4.40. The number of benzene rings is 1. The molecule has 1 aromatic heterocycles. The van der Waals surface area contributed by atoms with E-state index in [0.29, 0.717) is 6.61 Å². The summed E-state index contributed by atoms with van der Waals surface area (Å²) in [5.74, 6) is 0.733. The van der Waals surface area contributed by atoms with Gasteiger partial charge in [-0.05, 0) is 38.1 Å². The van der Waals surface area contributed by atoms with Crippen LogP contribution in [0, 0.1) is 0 Å². The summed E-state index contributed by atoms with van der Waals surface area (Å²) in [7, 11) is 0. The van der Waals surface area contributed by atoms with Crippen LogP contribution in [-0.2, 0) is 4.79 Å². The highest BCUT2D eigenvalue weighted by atomic mass is 32.2. The second-order valence-electron chi connectivity index (χ2n) is 3.91. The molecule has 2 rings (SSSR count). The van der Waals surface area contributed by atoms with Gasteiger partial charge in [0.1, 0.15) is 11.3 Å². The second-order valence-corrected chi connectivity index (χ2v) is 6.33. The van der Waals surface area contributed by atoms with E-state index < -0.39 is 0 Å². The first-order valence-electron chi connectivity index (χ1n) is 6.15. The highest BCUT2D eigenvalue weighted by molar-refractivity contribution is 8.02. The molecule has 0 bridgehead atoms. The number of anilines is 1. The maximum atomic E-state index is 12.0. The third-order valence-electron chi connectivity index (χ3n) is 2.42. The zero-order chi connectivity index (χ0) is 14.4. The lowest BCUT2D eigenvalue weighted by Gasteiger charge is -2.10. The van der Waals surface area contributed by atoms with E-state index in [1.54, 1.807) is 5.51 Å². The first-order chi connectivity index (χ1) is 9.69. The molecule has 0 fully saturated rings. The molecule has 1 heterocycles. The Bertz CT molecular complexity index is 543. The Morgan fingerprint density at radius 3 is 2.80 bits per heavy atom. The smallest absolute Gasteiger partial charge is 0.237 e. The molecule has 0 unspecified atom stereocenters. The van der Waals surface area contributed by atoms with Crippen LogP contribution in [0.4, 0.5) is 5.69 Å². The Morgan fingerprint density at radius 1 is 1.45 bits per heavy atom. The molecule has 2 aromatic rings. The van der Waals surface area contributed by atoms with Crippen LogP contribution in [0.1, 0.15) is 13.8 Å². The van der Waals surface area contributed by atoms with Gasteiger partial charge in [0.25, 0.3) is 0 Å². The monoisotopic (exact) mass is 309 g/mol. The molecule has 0 radical (unpaired) electrons. The zero-order valence-electron chi connectivity index (χ0n) is 11.2. The number of thioether (sulfide) groups is 1. The number of nitrogens with zero attached hydrogens (tertiary/aromatic N) is 2. The van der Waals surface area contributed by atoms with Crippen molar-refractivity contribution in [3.63, 3.8) is 0 Å². The normalized spacial score (nSPS) is 11.9. The van der Waals surface area contributed by atoms with E-state index in [9.17, 15) is 4.79 Å². The maximum Gasteiger partial charge on any atom is 0.237 e. The van der Waals surface area contributed by atoms with Crippen LogP contribution >= 0.6 is 23.1 Å². The molecule has 0 saturated carbocycles. The third-order valence-corrected chi connectivity index (χ3v) is 4.33. The fourth-order valence-corrected chi connectivity index (χ4v) is 3.09. The molecule has 0 aliphatic carbocycles. The van der Waals surface area contributed by atoms with E-state index >= 15 is 0 Å². The van der Waals surface area contributed by atoms with Gasteiger partial charge in [0.15, 0.2) is 4.34 Å². The Hall–Kier alpha value is -1.60. The predicted molar refractivity (Wildman–Crippen MR) is 81.5 cm³/mol. The summed E-state index contributed by atoms with van der Waals surface area (Å²) < 4.78 is 6.14. The van der Waals surface area contributed by atoms with Crippen LogP contribution in [0.25, 0.3) is 0 Å². The van der Waals surface area contributed by atoms with E-state index in [1.165, 1.54) is 23.1 Å². The van der Waals surface area contributed by atoms with Gasteiger partial charge in [-0.15, -0.1) is 10.2 Å². The van der Waals surface area contributed by atoms with Crippen LogP contribution in [0.5, 0.6) is 5.75 Å². The van der Waals surface area contributed by atoms with Gasteiger partial charge in [0.2, 0.25) is 5.91 Å². The van der Waals surface area contributed by atoms with Crippen molar-refractivity contribution < 1.29 is 9.53 Å². The Balaban J connectivity index is 1.90. The molecular formula is C13H15N3O2S2. The number of ether oxygens (including phenoxy) is 1. The summed E-state index contributed by atoms with van der Waals surface area (Å²) in [5, 5.41) is 10.3. The molecule has 20 heavy (non-hydrogen) atoms. The van der Waals surface area contributed by atoms with Crippen molar-refractivity contribution in [1.82, 2.24) is 10.2 Å². The minimum Gasteiger partial charge on any atom is -0.494 e. The Labute approximate surface area is 125 Å². The van der Waals surface area contributed by atoms with Crippen LogP contribution < -0.4 is 10.1 Å². The molecule has 106 valence electrons. The van der Waals surface area contributed by atoms with Gasteiger partial charge in [0.05, 0.1) is 11.9 Å². The van der Waals surface area contributed by atoms with Crippen LogP contribution in [0.3, 0.4) is 0 Å². The molecule has 0 aliphatic heterocycles. The lowest BCUT2D eigenvalue weighted by molar-refractivity contribution is -0.115. The largest absolute Gasteiger partial charge is 0.494 e. The van der Waals surface area contributed by atoms with E-state index in [-0.39, 0.29) is 11.2 Å². The van der Waals surface area contributed by atoms with Gasteiger partial charge in [-0.25, -0.2) is 0 Å². The molecule has 5 nitrogen and oxygen atoms in total. The maximum absolute atomic E-state index is 12.0. The SMILES string of the molecule is CCOc1ccc(NC(=O)[C@@H](C)Sc2nncs2)cc1. The van der Waals surface area contributed by atoms with Gasteiger partial charge in [-0.2, -0.15) is 0 Å². The van der Waals surface area contributed by atoms with Crippen LogP contribution in [0.15, 0.2) is 34.1 Å². The lowest BCUT2D eigenvalue weighted by Crippen LogP contribution is -2.22. The van der Waals surface area contributed by atoms with E-state index in [4.69, 9.17) is 4.74 Å². The Morgan fingerprint density at radius 2 is 2.20 bits per heavy atom. The van der Waals surface area contributed by atoms with Crippen molar-refractivity contribution in [2.24, 2.45) is 0 Å². The Kier molecular flexibility index (Phi) is 5.37. The van der Waals surface area contributed by atoms with E-state index in [2.05, 4.69) is 15.5 Å². The molecule has 7 heteroatoms. The van der Waals surface area contributed by atoms with Crippen molar-refractivity contribution in [2.75, 3.05) is 11.9 Å². The third kappa shape index (κ3) is 4.21.